The van der Waals surface area contributed by atoms with Crippen LogP contribution in [0.25, 0.3) is 0 Å². The molecule has 4 N–H and O–H groups in total. The highest BCUT2D eigenvalue weighted by Crippen LogP contribution is 2.11. The maximum Gasteiger partial charge on any atom is 0.241 e. The van der Waals surface area contributed by atoms with Gasteiger partial charge in [-0.25, -0.2) is 4.68 Å². The standard InChI is InChI=1S/C14H29N5/c1-2-3-4-5-6-7-8-9-10-11-12-19-14(16)17-13(15)18-19/h2-12H2,1H3,(H4,15,16,17,18). The van der Waals surface area contributed by atoms with Crippen LogP contribution in [0.4, 0.5) is 11.9 Å². The van der Waals surface area contributed by atoms with E-state index in [2.05, 4.69) is 17.0 Å². The van der Waals surface area contributed by atoms with Gasteiger partial charge in [0.1, 0.15) is 0 Å². The number of nitrogen functional groups attached to an aromatic ring is 2. The van der Waals surface area contributed by atoms with Gasteiger partial charge in [0, 0.05) is 6.54 Å². The van der Waals surface area contributed by atoms with Crippen molar-refractivity contribution in [3.05, 3.63) is 0 Å². The lowest BCUT2D eigenvalue weighted by Gasteiger charge is -2.03. The average molecular weight is 267 g/mol. The van der Waals surface area contributed by atoms with Crippen molar-refractivity contribution < 1.29 is 0 Å². The first-order chi connectivity index (χ1) is 9.24. The van der Waals surface area contributed by atoms with Crippen LogP contribution >= 0.6 is 0 Å². The Labute approximate surface area is 116 Å². The van der Waals surface area contributed by atoms with Crippen molar-refractivity contribution in [2.45, 2.75) is 77.7 Å². The van der Waals surface area contributed by atoms with E-state index in [9.17, 15) is 0 Å². The normalized spacial score (nSPS) is 11.0. The van der Waals surface area contributed by atoms with Gasteiger partial charge in [-0.3, -0.25) is 0 Å². The minimum Gasteiger partial charge on any atom is -0.368 e. The molecule has 0 aliphatic heterocycles. The Kier molecular flexibility index (Phi) is 8.02. The lowest BCUT2D eigenvalue weighted by molar-refractivity contribution is 0.519. The first-order valence-corrected chi connectivity index (χ1v) is 7.70. The Morgan fingerprint density at radius 2 is 1.37 bits per heavy atom. The van der Waals surface area contributed by atoms with Gasteiger partial charge in [-0.05, 0) is 6.42 Å². The maximum absolute atomic E-state index is 5.67. The Morgan fingerprint density at radius 1 is 0.842 bits per heavy atom. The summed E-state index contributed by atoms with van der Waals surface area (Å²) in [6.45, 7) is 3.09. The first kappa shape index (κ1) is 15.8. The van der Waals surface area contributed by atoms with Crippen molar-refractivity contribution in [2.75, 3.05) is 11.5 Å². The monoisotopic (exact) mass is 267 g/mol. The molecule has 0 amide bonds. The highest BCUT2D eigenvalue weighted by atomic mass is 15.4. The lowest BCUT2D eigenvalue weighted by Crippen LogP contribution is -2.05. The Hall–Kier alpha value is -1.26. The fraction of sp³-hybridized carbons (Fsp3) is 0.857. The molecule has 0 saturated heterocycles. The number of hydrogen-bond acceptors (Lipinski definition) is 4. The van der Waals surface area contributed by atoms with Gasteiger partial charge in [-0.2, -0.15) is 4.98 Å². The van der Waals surface area contributed by atoms with Crippen molar-refractivity contribution in [1.82, 2.24) is 14.8 Å². The minimum atomic E-state index is 0.268. The molecule has 1 rings (SSSR count). The molecule has 0 spiro atoms. The minimum absolute atomic E-state index is 0.268. The van der Waals surface area contributed by atoms with Crippen molar-refractivity contribution in [2.24, 2.45) is 0 Å². The summed E-state index contributed by atoms with van der Waals surface area (Å²) in [5.41, 5.74) is 11.1. The zero-order valence-electron chi connectivity index (χ0n) is 12.3. The molecule has 0 aliphatic rings. The van der Waals surface area contributed by atoms with Gasteiger partial charge in [0.15, 0.2) is 0 Å². The second kappa shape index (κ2) is 9.64. The Balaban J connectivity index is 1.90. The van der Waals surface area contributed by atoms with E-state index in [0.717, 1.165) is 13.0 Å². The molecular weight excluding hydrogens is 238 g/mol. The van der Waals surface area contributed by atoms with Crippen LogP contribution in [0, 0.1) is 0 Å². The fourth-order valence-electron chi connectivity index (χ4n) is 2.29. The van der Waals surface area contributed by atoms with Crippen molar-refractivity contribution in [3.63, 3.8) is 0 Å². The quantitative estimate of drug-likeness (QED) is 0.602. The summed E-state index contributed by atoms with van der Waals surface area (Å²) < 4.78 is 1.69. The van der Waals surface area contributed by atoms with E-state index >= 15 is 0 Å². The third-order valence-corrected chi connectivity index (χ3v) is 3.44. The summed E-state index contributed by atoms with van der Waals surface area (Å²) >= 11 is 0. The lowest BCUT2D eigenvalue weighted by atomic mass is 10.1. The van der Waals surface area contributed by atoms with Crippen LogP contribution in [-0.2, 0) is 6.54 Å². The molecule has 0 bridgehead atoms. The molecule has 19 heavy (non-hydrogen) atoms. The van der Waals surface area contributed by atoms with Gasteiger partial charge in [-0.1, -0.05) is 64.7 Å². The molecule has 0 aromatic carbocycles. The van der Waals surface area contributed by atoms with Crippen LogP contribution in [0.2, 0.25) is 0 Å². The summed E-state index contributed by atoms with van der Waals surface area (Å²) in [5, 5.41) is 4.04. The number of aryl methyl sites for hydroxylation is 1. The van der Waals surface area contributed by atoms with E-state index in [1.165, 1.54) is 57.8 Å². The maximum atomic E-state index is 5.67. The van der Waals surface area contributed by atoms with E-state index < -0.39 is 0 Å². The van der Waals surface area contributed by atoms with Crippen molar-refractivity contribution >= 4 is 11.9 Å². The van der Waals surface area contributed by atoms with Gasteiger partial charge < -0.3 is 11.5 Å². The van der Waals surface area contributed by atoms with Crippen molar-refractivity contribution in [3.8, 4) is 0 Å². The molecule has 0 fully saturated rings. The number of aromatic nitrogens is 3. The summed E-state index contributed by atoms with van der Waals surface area (Å²) in [4.78, 5) is 3.88. The number of rotatable bonds is 11. The molecule has 5 nitrogen and oxygen atoms in total. The molecule has 1 aromatic heterocycles. The van der Waals surface area contributed by atoms with Gasteiger partial charge in [0.25, 0.3) is 0 Å². The highest BCUT2D eigenvalue weighted by molar-refractivity contribution is 5.25. The second-order valence-corrected chi connectivity index (χ2v) is 5.23. The van der Waals surface area contributed by atoms with E-state index in [1.807, 2.05) is 0 Å². The third kappa shape index (κ3) is 7.03. The molecule has 110 valence electrons. The zero-order valence-corrected chi connectivity index (χ0v) is 12.3. The summed E-state index contributed by atoms with van der Waals surface area (Å²) in [6.07, 6.45) is 13.3. The molecule has 5 heteroatoms. The van der Waals surface area contributed by atoms with Crippen LogP contribution in [0.3, 0.4) is 0 Å². The summed E-state index contributed by atoms with van der Waals surface area (Å²) in [6, 6.07) is 0. The van der Waals surface area contributed by atoms with Gasteiger partial charge in [0.2, 0.25) is 11.9 Å². The van der Waals surface area contributed by atoms with E-state index in [1.54, 1.807) is 4.68 Å². The van der Waals surface area contributed by atoms with Crippen LogP contribution < -0.4 is 11.5 Å². The van der Waals surface area contributed by atoms with Gasteiger partial charge in [0.05, 0.1) is 0 Å². The SMILES string of the molecule is CCCCCCCCCCCCn1nc(N)nc1N. The van der Waals surface area contributed by atoms with E-state index in [0.29, 0.717) is 5.95 Å². The van der Waals surface area contributed by atoms with Crippen LogP contribution in [0.5, 0.6) is 0 Å². The van der Waals surface area contributed by atoms with E-state index in [-0.39, 0.29) is 5.95 Å². The Bertz CT molecular complexity index is 335. The predicted molar refractivity (Wildman–Crippen MR) is 80.7 cm³/mol. The number of unbranched alkanes of at least 4 members (excludes halogenated alkanes) is 9. The van der Waals surface area contributed by atoms with Crippen LogP contribution in [0.15, 0.2) is 0 Å². The molecular formula is C14H29N5. The van der Waals surface area contributed by atoms with E-state index in [4.69, 9.17) is 11.5 Å². The second-order valence-electron chi connectivity index (χ2n) is 5.23. The molecule has 0 atom stereocenters. The molecule has 0 saturated carbocycles. The topological polar surface area (TPSA) is 82.8 Å². The summed E-state index contributed by atoms with van der Waals surface area (Å²) in [7, 11) is 0. The van der Waals surface area contributed by atoms with Crippen molar-refractivity contribution in [1.29, 1.82) is 0 Å². The predicted octanol–water partition coefficient (Wildman–Crippen LogP) is 3.36. The highest BCUT2D eigenvalue weighted by Gasteiger charge is 2.02. The first-order valence-electron chi connectivity index (χ1n) is 7.70. The third-order valence-electron chi connectivity index (χ3n) is 3.44. The fourth-order valence-corrected chi connectivity index (χ4v) is 2.29. The molecule has 1 aromatic rings. The van der Waals surface area contributed by atoms with Crippen LogP contribution in [-0.4, -0.2) is 14.8 Å². The number of nitrogens with two attached hydrogens (primary N) is 2. The molecule has 0 radical (unpaired) electrons. The zero-order chi connectivity index (χ0) is 13.9. The average Bonchev–Trinajstić information content (AvgIpc) is 2.70. The van der Waals surface area contributed by atoms with Crippen LogP contribution in [0.1, 0.15) is 71.1 Å². The largest absolute Gasteiger partial charge is 0.368 e. The Morgan fingerprint density at radius 3 is 1.84 bits per heavy atom. The molecule has 1 heterocycles. The summed E-state index contributed by atoms with van der Waals surface area (Å²) in [5.74, 6) is 0.693. The number of nitrogens with zero attached hydrogens (tertiary/aromatic N) is 3. The molecule has 0 aliphatic carbocycles. The smallest absolute Gasteiger partial charge is 0.241 e. The molecule has 0 unspecified atom stereocenters. The van der Waals surface area contributed by atoms with Gasteiger partial charge >= 0.3 is 0 Å². The number of anilines is 2. The van der Waals surface area contributed by atoms with Gasteiger partial charge in [-0.15, -0.1) is 5.10 Å². The number of hydrogen-bond donors (Lipinski definition) is 2.